The minimum atomic E-state index is -3.07. The summed E-state index contributed by atoms with van der Waals surface area (Å²) in [7, 11) is 1.65. The van der Waals surface area contributed by atoms with Gasteiger partial charge in [0.25, 0.3) is 5.91 Å². The SMILES string of the molecule is Cn1cc(NC(=O)c2cnn3cccnc23)c(-c2cc(Oc3cccc([C@@H]4COCCN4)c3)ccc2OC(F)F)n1. The molecule has 13 heteroatoms. The molecule has 1 aliphatic rings. The molecule has 0 aliphatic carbocycles. The fourth-order valence-electron chi connectivity index (χ4n) is 4.62. The summed E-state index contributed by atoms with van der Waals surface area (Å²) in [6.45, 7) is -1.11. The summed E-state index contributed by atoms with van der Waals surface area (Å²) in [5.74, 6) is 0.296. The van der Waals surface area contributed by atoms with Crippen LogP contribution in [0.5, 0.6) is 17.2 Å². The second kappa shape index (κ2) is 11.3. The first-order chi connectivity index (χ1) is 19.9. The lowest BCUT2D eigenvalue weighted by Gasteiger charge is -2.24. The van der Waals surface area contributed by atoms with Crippen molar-refractivity contribution in [1.82, 2.24) is 29.7 Å². The minimum absolute atomic E-state index is 0.0349. The van der Waals surface area contributed by atoms with E-state index in [1.807, 2.05) is 18.2 Å². The Morgan fingerprint density at radius 1 is 1.20 bits per heavy atom. The fraction of sp³-hybridized carbons (Fsp3) is 0.214. The van der Waals surface area contributed by atoms with E-state index in [4.69, 9.17) is 14.2 Å². The van der Waals surface area contributed by atoms with Crippen LogP contribution >= 0.6 is 0 Å². The van der Waals surface area contributed by atoms with Crippen molar-refractivity contribution in [2.24, 2.45) is 7.05 Å². The number of carbonyl (C=O) groups excluding carboxylic acids is 1. The number of morpholine rings is 1. The maximum Gasteiger partial charge on any atom is 0.387 e. The number of hydrogen-bond acceptors (Lipinski definition) is 8. The Hall–Kier alpha value is -4.88. The summed E-state index contributed by atoms with van der Waals surface area (Å²) in [4.78, 5) is 17.4. The van der Waals surface area contributed by atoms with Crippen LogP contribution in [-0.4, -0.2) is 56.7 Å². The van der Waals surface area contributed by atoms with Gasteiger partial charge in [-0.2, -0.15) is 19.0 Å². The number of alkyl halides is 2. The number of rotatable bonds is 8. The second-order valence-corrected chi connectivity index (χ2v) is 9.26. The summed E-state index contributed by atoms with van der Waals surface area (Å²) in [6, 6.07) is 13.7. The molecule has 0 saturated carbocycles. The number of anilines is 1. The van der Waals surface area contributed by atoms with Gasteiger partial charge < -0.3 is 24.8 Å². The van der Waals surface area contributed by atoms with E-state index < -0.39 is 12.5 Å². The minimum Gasteiger partial charge on any atom is -0.457 e. The van der Waals surface area contributed by atoms with E-state index in [9.17, 15) is 13.6 Å². The van der Waals surface area contributed by atoms with Crippen LogP contribution in [0.4, 0.5) is 14.5 Å². The zero-order chi connectivity index (χ0) is 28.3. The highest BCUT2D eigenvalue weighted by molar-refractivity contribution is 6.09. The molecule has 4 heterocycles. The molecule has 2 aromatic carbocycles. The quantitative estimate of drug-likeness (QED) is 0.286. The average molecular weight is 562 g/mol. The van der Waals surface area contributed by atoms with Gasteiger partial charge in [-0.25, -0.2) is 9.50 Å². The summed E-state index contributed by atoms with van der Waals surface area (Å²) in [5, 5.41) is 14.8. The third kappa shape index (κ3) is 5.71. The first kappa shape index (κ1) is 26.3. The van der Waals surface area contributed by atoms with Gasteiger partial charge in [0.05, 0.1) is 36.7 Å². The number of aryl methyl sites for hydroxylation is 1. The highest BCUT2D eigenvalue weighted by Gasteiger charge is 2.22. The lowest BCUT2D eigenvalue weighted by atomic mass is 10.1. The van der Waals surface area contributed by atoms with Gasteiger partial charge in [0, 0.05) is 32.2 Å². The average Bonchev–Trinajstić information content (AvgIpc) is 3.57. The first-order valence-electron chi connectivity index (χ1n) is 12.8. The van der Waals surface area contributed by atoms with E-state index >= 15 is 0 Å². The second-order valence-electron chi connectivity index (χ2n) is 9.26. The van der Waals surface area contributed by atoms with Crippen LogP contribution in [0.2, 0.25) is 0 Å². The fourth-order valence-corrected chi connectivity index (χ4v) is 4.62. The van der Waals surface area contributed by atoms with E-state index in [2.05, 4.69) is 25.8 Å². The number of carbonyl (C=O) groups is 1. The van der Waals surface area contributed by atoms with Gasteiger partial charge >= 0.3 is 6.61 Å². The van der Waals surface area contributed by atoms with Gasteiger partial charge in [-0.15, -0.1) is 0 Å². The smallest absolute Gasteiger partial charge is 0.387 e. The Labute approximate surface area is 232 Å². The Morgan fingerprint density at radius 3 is 2.90 bits per heavy atom. The Morgan fingerprint density at radius 2 is 2.07 bits per heavy atom. The molecule has 1 fully saturated rings. The molecule has 0 bridgehead atoms. The van der Waals surface area contributed by atoms with Crippen LogP contribution in [0.3, 0.4) is 0 Å². The molecule has 210 valence electrons. The molecule has 2 N–H and O–H groups in total. The van der Waals surface area contributed by atoms with Crippen molar-refractivity contribution in [2.45, 2.75) is 12.7 Å². The predicted molar refractivity (Wildman–Crippen MR) is 144 cm³/mol. The molecule has 11 nitrogen and oxygen atoms in total. The summed E-state index contributed by atoms with van der Waals surface area (Å²) in [5.41, 5.74) is 2.29. The molecule has 0 radical (unpaired) electrons. The van der Waals surface area contributed by atoms with Gasteiger partial charge in [0.15, 0.2) is 5.65 Å². The zero-order valence-electron chi connectivity index (χ0n) is 21.8. The van der Waals surface area contributed by atoms with Crippen molar-refractivity contribution in [3.8, 4) is 28.5 Å². The van der Waals surface area contributed by atoms with E-state index in [0.29, 0.717) is 30.4 Å². The summed E-state index contributed by atoms with van der Waals surface area (Å²) < 4.78 is 46.1. The van der Waals surface area contributed by atoms with Crippen molar-refractivity contribution < 1.29 is 27.8 Å². The number of fused-ring (bicyclic) bond motifs is 1. The third-order valence-electron chi connectivity index (χ3n) is 6.44. The number of halogens is 2. The molecule has 41 heavy (non-hydrogen) atoms. The summed E-state index contributed by atoms with van der Waals surface area (Å²) >= 11 is 0. The van der Waals surface area contributed by atoms with Crippen molar-refractivity contribution in [3.05, 3.63) is 84.4 Å². The molecule has 1 atom stereocenters. The van der Waals surface area contributed by atoms with E-state index in [1.54, 1.807) is 43.8 Å². The summed E-state index contributed by atoms with van der Waals surface area (Å²) in [6.07, 6.45) is 6.19. The molecule has 3 aromatic heterocycles. The van der Waals surface area contributed by atoms with Crippen molar-refractivity contribution in [2.75, 3.05) is 25.1 Å². The standard InChI is InChI=1S/C28H25F2N7O4/c1-36-15-22(34-27(38)21-14-33-37-10-3-8-32-26(21)37)25(35-36)20-13-19(6-7-24(20)41-28(29)30)40-18-5-2-4-17(12-18)23-16-39-11-9-31-23/h2-8,10,12-15,23,28,31H,9,11,16H2,1H3,(H,34,38)/t23-/m0/s1. The molecular weight excluding hydrogens is 536 g/mol. The number of nitrogens with one attached hydrogen (secondary N) is 2. The number of benzene rings is 2. The number of nitrogens with zero attached hydrogens (tertiary/aromatic N) is 5. The van der Waals surface area contributed by atoms with Crippen LogP contribution in [0.25, 0.3) is 16.9 Å². The largest absolute Gasteiger partial charge is 0.457 e. The number of ether oxygens (including phenoxy) is 3. The van der Waals surface area contributed by atoms with Crippen LogP contribution in [0.15, 0.2) is 73.3 Å². The third-order valence-corrected chi connectivity index (χ3v) is 6.44. The maximum atomic E-state index is 13.4. The number of aromatic nitrogens is 5. The topological polar surface area (TPSA) is 117 Å². The normalized spacial score (nSPS) is 15.3. The van der Waals surface area contributed by atoms with Crippen LogP contribution in [-0.2, 0) is 11.8 Å². The van der Waals surface area contributed by atoms with Gasteiger partial charge in [-0.05, 0) is 42.0 Å². The van der Waals surface area contributed by atoms with Gasteiger partial charge in [0.1, 0.15) is 28.5 Å². The van der Waals surface area contributed by atoms with Gasteiger partial charge in [-0.3, -0.25) is 9.48 Å². The molecule has 6 rings (SSSR count). The molecule has 5 aromatic rings. The van der Waals surface area contributed by atoms with E-state index in [-0.39, 0.29) is 34.3 Å². The molecular formula is C28H25F2N7O4. The number of hydrogen-bond donors (Lipinski definition) is 2. The highest BCUT2D eigenvalue weighted by atomic mass is 19.3. The molecule has 0 spiro atoms. The van der Waals surface area contributed by atoms with E-state index in [1.165, 1.54) is 27.5 Å². The van der Waals surface area contributed by atoms with Crippen LogP contribution < -0.4 is 20.1 Å². The Balaban J connectivity index is 1.32. The van der Waals surface area contributed by atoms with Crippen LogP contribution in [0, 0.1) is 0 Å². The van der Waals surface area contributed by atoms with Crippen molar-refractivity contribution in [3.63, 3.8) is 0 Å². The zero-order valence-corrected chi connectivity index (χ0v) is 21.8. The monoisotopic (exact) mass is 561 g/mol. The molecule has 0 unspecified atom stereocenters. The highest BCUT2D eigenvalue weighted by Crippen LogP contribution is 2.39. The molecule has 1 saturated heterocycles. The molecule has 1 amide bonds. The molecule has 1 aliphatic heterocycles. The van der Waals surface area contributed by atoms with Crippen molar-refractivity contribution >= 4 is 17.2 Å². The lowest BCUT2D eigenvalue weighted by molar-refractivity contribution is -0.0494. The lowest BCUT2D eigenvalue weighted by Crippen LogP contribution is -2.34. The van der Waals surface area contributed by atoms with Crippen LogP contribution in [0.1, 0.15) is 22.0 Å². The van der Waals surface area contributed by atoms with E-state index in [0.717, 1.165) is 12.1 Å². The Bertz CT molecular complexity index is 1700. The van der Waals surface area contributed by atoms with Gasteiger partial charge in [-0.1, -0.05) is 12.1 Å². The first-order valence-corrected chi connectivity index (χ1v) is 12.8. The predicted octanol–water partition coefficient (Wildman–Crippen LogP) is 4.44. The number of amides is 1. The van der Waals surface area contributed by atoms with Gasteiger partial charge in [0.2, 0.25) is 0 Å². The maximum absolute atomic E-state index is 13.4. The Kier molecular flexibility index (Phi) is 7.27. The van der Waals surface area contributed by atoms with Crippen molar-refractivity contribution in [1.29, 1.82) is 0 Å².